The van der Waals surface area contributed by atoms with Gasteiger partial charge in [-0.3, -0.25) is 4.79 Å². The maximum atomic E-state index is 12.1. The van der Waals surface area contributed by atoms with E-state index < -0.39 is 5.97 Å². The van der Waals surface area contributed by atoms with Gasteiger partial charge in [-0.05, 0) is 66.6 Å². The van der Waals surface area contributed by atoms with E-state index in [9.17, 15) is 9.59 Å². The van der Waals surface area contributed by atoms with Crippen LogP contribution < -0.4 is 10.2 Å². The fraction of sp³-hybridized carbons (Fsp3) is 0.0870. The quantitative estimate of drug-likeness (QED) is 0.282. The molecule has 0 spiro atoms. The Hall–Kier alpha value is -3.44. The maximum Gasteiger partial charge on any atom is 0.343 e. The van der Waals surface area contributed by atoms with Crippen molar-refractivity contribution in [1.82, 2.24) is 5.43 Å². The van der Waals surface area contributed by atoms with Crippen LogP contribution in [0.1, 0.15) is 27.0 Å². The van der Waals surface area contributed by atoms with Crippen molar-refractivity contribution in [1.29, 1.82) is 0 Å². The molecule has 146 valence electrons. The van der Waals surface area contributed by atoms with Gasteiger partial charge in [0, 0.05) is 5.02 Å². The lowest BCUT2D eigenvalue weighted by molar-refractivity contribution is -0.120. The minimum atomic E-state index is -0.466. The Kier molecular flexibility index (Phi) is 6.76. The summed E-state index contributed by atoms with van der Waals surface area (Å²) in [6, 6.07) is 21.0. The van der Waals surface area contributed by atoms with E-state index >= 15 is 0 Å². The van der Waals surface area contributed by atoms with Crippen LogP contribution in [0.2, 0.25) is 5.02 Å². The van der Waals surface area contributed by atoms with Crippen LogP contribution in [0.4, 0.5) is 0 Å². The number of esters is 1. The molecule has 0 saturated heterocycles. The van der Waals surface area contributed by atoms with Gasteiger partial charge >= 0.3 is 5.97 Å². The fourth-order valence-electron chi connectivity index (χ4n) is 2.48. The third kappa shape index (κ3) is 6.30. The number of benzene rings is 3. The van der Waals surface area contributed by atoms with Gasteiger partial charge in [-0.15, -0.1) is 0 Å². The SMILES string of the molecule is Cc1ccc(CC(=O)N/N=C/c2ccc(OC(=O)c3ccc(Cl)cc3)cc2)cc1. The molecule has 0 radical (unpaired) electrons. The Morgan fingerprint density at radius 1 is 0.966 bits per heavy atom. The minimum absolute atomic E-state index is 0.196. The summed E-state index contributed by atoms with van der Waals surface area (Å²) in [6.45, 7) is 2.00. The van der Waals surface area contributed by atoms with Crippen LogP contribution in [0.5, 0.6) is 5.75 Å². The van der Waals surface area contributed by atoms with Crippen LogP contribution in [0, 0.1) is 6.92 Å². The second-order valence-electron chi connectivity index (χ2n) is 6.42. The zero-order valence-electron chi connectivity index (χ0n) is 15.8. The summed E-state index contributed by atoms with van der Waals surface area (Å²) in [6.07, 6.45) is 1.79. The van der Waals surface area contributed by atoms with E-state index in [-0.39, 0.29) is 12.3 Å². The number of ether oxygens (including phenoxy) is 1. The molecule has 0 bridgehead atoms. The monoisotopic (exact) mass is 406 g/mol. The van der Waals surface area contributed by atoms with Gasteiger partial charge < -0.3 is 4.74 Å². The molecule has 5 nitrogen and oxygen atoms in total. The van der Waals surface area contributed by atoms with E-state index in [1.165, 1.54) is 6.21 Å². The van der Waals surface area contributed by atoms with Crippen LogP contribution in [0.15, 0.2) is 77.9 Å². The Labute approximate surface area is 174 Å². The molecular formula is C23H19ClN2O3. The van der Waals surface area contributed by atoms with Crippen molar-refractivity contribution < 1.29 is 14.3 Å². The number of hydrogen-bond acceptors (Lipinski definition) is 4. The third-order valence-corrected chi connectivity index (χ3v) is 4.31. The van der Waals surface area contributed by atoms with E-state index in [2.05, 4.69) is 10.5 Å². The first-order valence-electron chi connectivity index (χ1n) is 8.95. The number of carbonyl (C=O) groups excluding carboxylic acids is 2. The molecule has 0 atom stereocenters. The normalized spacial score (nSPS) is 10.7. The van der Waals surface area contributed by atoms with Gasteiger partial charge in [0.05, 0.1) is 18.2 Å². The summed E-state index contributed by atoms with van der Waals surface area (Å²) in [4.78, 5) is 24.0. The Morgan fingerprint density at radius 2 is 1.62 bits per heavy atom. The molecule has 0 aliphatic rings. The second-order valence-corrected chi connectivity index (χ2v) is 6.86. The van der Waals surface area contributed by atoms with Crippen LogP contribution >= 0.6 is 11.6 Å². The first kappa shape index (κ1) is 20.3. The molecule has 3 aromatic rings. The minimum Gasteiger partial charge on any atom is -0.423 e. The van der Waals surface area contributed by atoms with E-state index in [4.69, 9.17) is 16.3 Å². The Bertz CT molecular complexity index is 1010. The van der Waals surface area contributed by atoms with Gasteiger partial charge in [-0.25, -0.2) is 10.2 Å². The van der Waals surface area contributed by atoms with Crippen molar-refractivity contribution in [3.05, 3.63) is 100 Å². The first-order valence-corrected chi connectivity index (χ1v) is 9.33. The van der Waals surface area contributed by atoms with Gasteiger partial charge in [0.25, 0.3) is 0 Å². The summed E-state index contributed by atoms with van der Waals surface area (Å²) < 4.78 is 5.32. The van der Waals surface area contributed by atoms with Crippen LogP contribution in [-0.2, 0) is 11.2 Å². The average molecular weight is 407 g/mol. The summed E-state index contributed by atoms with van der Waals surface area (Å²) >= 11 is 5.81. The number of aryl methyl sites for hydroxylation is 1. The zero-order valence-corrected chi connectivity index (χ0v) is 16.5. The second kappa shape index (κ2) is 9.66. The van der Waals surface area contributed by atoms with Gasteiger partial charge in [-0.2, -0.15) is 5.10 Å². The molecule has 0 unspecified atom stereocenters. The number of carbonyl (C=O) groups is 2. The molecule has 1 amide bonds. The van der Waals surface area contributed by atoms with E-state index in [1.807, 2.05) is 31.2 Å². The Balaban J connectivity index is 1.50. The predicted octanol–water partition coefficient (Wildman–Crippen LogP) is 4.56. The molecule has 0 aliphatic carbocycles. The van der Waals surface area contributed by atoms with E-state index in [0.29, 0.717) is 16.3 Å². The molecule has 0 saturated carbocycles. The molecule has 0 aliphatic heterocycles. The summed E-state index contributed by atoms with van der Waals surface area (Å²) in [5, 5.41) is 4.51. The highest BCUT2D eigenvalue weighted by atomic mass is 35.5. The van der Waals surface area contributed by atoms with Gasteiger partial charge in [0.2, 0.25) is 5.91 Å². The van der Waals surface area contributed by atoms with Crippen molar-refractivity contribution in [2.45, 2.75) is 13.3 Å². The molecule has 0 heterocycles. The molecule has 3 rings (SSSR count). The number of nitrogens with zero attached hydrogens (tertiary/aromatic N) is 1. The smallest absolute Gasteiger partial charge is 0.343 e. The lowest BCUT2D eigenvalue weighted by Gasteiger charge is -2.05. The molecule has 29 heavy (non-hydrogen) atoms. The average Bonchev–Trinajstić information content (AvgIpc) is 2.71. The zero-order chi connectivity index (χ0) is 20.6. The maximum absolute atomic E-state index is 12.1. The summed E-state index contributed by atoms with van der Waals surface area (Å²) in [7, 11) is 0. The number of amides is 1. The number of rotatable bonds is 6. The number of hydrogen-bond donors (Lipinski definition) is 1. The summed E-state index contributed by atoms with van der Waals surface area (Å²) in [5.74, 6) is -0.254. The Morgan fingerprint density at radius 3 is 2.28 bits per heavy atom. The standard InChI is InChI=1S/C23H19ClN2O3/c1-16-2-4-17(5-3-16)14-22(27)26-25-15-18-6-12-21(13-7-18)29-23(28)19-8-10-20(24)11-9-19/h2-13,15H,14H2,1H3,(H,26,27)/b25-15+. The molecule has 3 aromatic carbocycles. The highest BCUT2D eigenvalue weighted by Gasteiger charge is 2.08. The topological polar surface area (TPSA) is 67.8 Å². The number of hydrazone groups is 1. The molecule has 6 heteroatoms. The van der Waals surface area contributed by atoms with Gasteiger partial charge in [-0.1, -0.05) is 41.4 Å². The van der Waals surface area contributed by atoms with E-state index in [1.54, 1.807) is 48.5 Å². The fourth-order valence-corrected chi connectivity index (χ4v) is 2.61. The third-order valence-electron chi connectivity index (χ3n) is 4.06. The van der Waals surface area contributed by atoms with Crippen LogP contribution in [0.25, 0.3) is 0 Å². The predicted molar refractivity (Wildman–Crippen MR) is 113 cm³/mol. The largest absolute Gasteiger partial charge is 0.423 e. The van der Waals surface area contributed by atoms with Crippen LogP contribution in [0.3, 0.4) is 0 Å². The van der Waals surface area contributed by atoms with Crippen molar-refractivity contribution in [2.24, 2.45) is 5.10 Å². The van der Waals surface area contributed by atoms with Crippen LogP contribution in [-0.4, -0.2) is 18.1 Å². The number of nitrogens with one attached hydrogen (secondary N) is 1. The van der Waals surface area contributed by atoms with Crippen molar-refractivity contribution in [3.63, 3.8) is 0 Å². The highest BCUT2D eigenvalue weighted by molar-refractivity contribution is 6.30. The van der Waals surface area contributed by atoms with E-state index in [0.717, 1.165) is 16.7 Å². The highest BCUT2D eigenvalue weighted by Crippen LogP contribution is 2.15. The molecular weight excluding hydrogens is 388 g/mol. The lowest BCUT2D eigenvalue weighted by Crippen LogP contribution is -2.19. The lowest BCUT2D eigenvalue weighted by atomic mass is 10.1. The molecule has 0 aromatic heterocycles. The summed E-state index contributed by atoms with van der Waals surface area (Å²) in [5.41, 5.74) is 5.74. The first-order chi connectivity index (χ1) is 14.0. The van der Waals surface area contributed by atoms with Gasteiger partial charge in [0.15, 0.2) is 0 Å². The molecule has 0 fully saturated rings. The van der Waals surface area contributed by atoms with Crippen molar-refractivity contribution in [3.8, 4) is 5.75 Å². The van der Waals surface area contributed by atoms with Gasteiger partial charge in [0.1, 0.15) is 5.75 Å². The molecule has 1 N–H and O–H groups in total. The number of halogens is 1. The van der Waals surface area contributed by atoms with Crippen molar-refractivity contribution >= 4 is 29.7 Å². The van der Waals surface area contributed by atoms with Crippen molar-refractivity contribution in [2.75, 3.05) is 0 Å².